The van der Waals surface area contributed by atoms with Crippen LogP contribution in [-0.2, 0) is 6.54 Å². The minimum atomic E-state index is 0.0705. The third-order valence-electron chi connectivity index (χ3n) is 4.97. The Morgan fingerprint density at radius 3 is 2.95 bits per heavy atom. The molecule has 0 spiro atoms. The summed E-state index contributed by atoms with van der Waals surface area (Å²) < 4.78 is 0. The highest BCUT2D eigenvalue weighted by molar-refractivity contribution is 7.11. The highest BCUT2D eigenvalue weighted by Gasteiger charge is 2.30. The van der Waals surface area contributed by atoms with Crippen LogP contribution in [0, 0.1) is 25.7 Å². The maximum absolute atomic E-state index is 12.4. The minimum absolute atomic E-state index is 0.0705. The molecule has 2 atom stereocenters. The van der Waals surface area contributed by atoms with Gasteiger partial charge in [0.1, 0.15) is 5.01 Å². The highest BCUT2D eigenvalue weighted by atomic mass is 32.1. The summed E-state index contributed by atoms with van der Waals surface area (Å²) in [6.07, 6.45) is 3.66. The molecule has 0 radical (unpaired) electrons. The second-order valence-corrected chi connectivity index (χ2v) is 7.80. The molecule has 2 aliphatic heterocycles. The Hall–Kier alpha value is -1.14. The summed E-state index contributed by atoms with van der Waals surface area (Å²) in [7, 11) is 0. The number of rotatable bonds is 3. The smallest absolute Gasteiger partial charge is 0.317 e. The molecule has 0 aliphatic carbocycles. The fourth-order valence-electron chi connectivity index (χ4n) is 3.54. The van der Waals surface area contributed by atoms with E-state index in [4.69, 9.17) is 0 Å². The molecule has 1 aromatic heterocycles. The third-order valence-corrected chi connectivity index (χ3v) is 6.05. The number of urea groups is 1. The summed E-state index contributed by atoms with van der Waals surface area (Å²) in [5.74, 6) is 1.42. The number of aromatic nitrogens is 1. The van der Waals surface area contributed by atoms with E-state index >= 15 is 0 Å². The lowest BCUT2D eigenvalue weighted by molar-refractivity contribution is 0.145. The van der Waals surface area contributed by atoms with Crippen molar-refractivity contribution >= 4 is 17.4 Å². The lowest BCUT2D eigenvalue weighted by Crippen LogP contribution is -2.46. The van der Waals surface area contributed by atoms with Crippen molar-refractivity contribution in [1.29, 1.82) is 0 Å². The lowest BCUT2D eigenvalue weighted by atomic mass is 9.85. The average Bonchev–Trinajstić information content (AvgIpc) is 3.16. The largest absolute Gasteiger partial charge is 0.331 e. The molecule has 5 nitrogen and oxygen atoms in total. The Morgan fingerprint density at radius 1 is 1.41 bits per heavy atom. The number of nitrogens with zero attached hydrogens (tertiary/aromatic N) is 2. The summed E-state index contributed by atoms with van der Waals surface area (Å²) in [5, 5.41) is 7.48. The minimum Gasteiger partial charge on any atom is -0.331 e. The van der Waals surface area contributed by atoms with Gasteiger partial charge in [-0.1, -0.05) is 0 Å². The van der Waals surface area contributed by atoms with Crippen LogP contribution in [0.25, 0.3) is 0 Å². The number of carbonyl (C=O) groups is 1. The molecule has 2 N–H and O–H groups in total. The Morgan fingerprint density at radius 2 is 2.27 bits per heavy atom. The van der Waals surface area contributed by atoms with Gasteiger partial charge in [0.15, 0.2) is 0 Å². The predicted octanol–water partition coefficient (Wildman–Crippen LogP) is 2.29. The van der Waals surface area contributed by atoms with Crippen LogP contribution in [-0.4, -0.2) is 42.1 Å². The Labute approximate surface area is 136 Å². The van der Waals surface area contributed by atoms with Crippen LogP contribution in [0.4, 0.5) is 4.79 Å². The van der Waals surface area contributed by atoms with Gasteiger partial charge in [-0.05, 0) is 58.0 Å². The molecule has 2 unspecified atom stereocenters. The van der Waals surface area contributed by atoms with Gasteiger partial charge in [-0.2, -0.15) is 0 Å². The first kappa shape index (κ1) is 15.7. The van der Waals surface area contributed by atoms with E-state index < -0.39 is 0 Å². The van der Waals surface area contributed by atoms with Crippen molar-refractivity contribution in [3.63, 3.8) is 0 Å². The van der Waals surface area contributed by atoms with E-state index in [0.29, 0.717) is 12.5 Å². The van der Waals surface area contributed by atoms with E-state index in [1.54, 1.807) is 11.3 Å². The number of hydrogen-bond acceptors (Lipinski definition) is 4. The third kappa shape index (κ3) is 3.60. The second kappa shape index (κ2) is 6.96. The molecule has 122 valence electrons. The fraction of sp³-hybridized carbons (Fsp3) is 0.750. The summed E-state index contributed by atoms with van der Waals surface area (Å²) in [5.41, 5.74) is 1.07. The summed E-state index contributed by atoms with van der Waals surface area (Å²) in [6, 6.07) is 0.0705. The Kier molecular flexibility index (Phi) is 4.98. The van der Waals surface area contributed by atoms with Crippen LogP contribution in [0.3, 0.4) is 0 Å². The number of carbonyl (C=O) groups excluding carboxylic acids is 1. The van der Waals surface area contributed by atoms with E-state index in [-0.39, 0.29) is 6.03 Å². The van der Waals surface area contributed by atoms with Crippen molar-refractivity contribution in [2.24, 2.45) is 11.8 Å². The molecule has 2 saturated heterocycles. The number of likely N-dealkylation sites (tertiary alicyclic amines) is 1. The zero-order valence-corrected chi connectivity index (χ0v) is 14.3. The normalized spacial score (nSPS) is 25.5. The number of nitrogens with one attached hydrogen (secondary N) is 2. The van der Waals surface area contributed by atoms with Gasteiger partial charge in [-0.15, -0.1) is 11.3 Å². The average molecular weight is 322 g/mol. The molecule has 1 aromatic rings. The van der Waals surface area contributed by atoms with Gasteiger partial charge >= 0.3 is 6.03 Å². The van der Waals surface area contributed by atoms with Crippen LogP contribution in [0.5, 0.6) is 0 Å². The van der Waals surface area contributed by atoms with Crippen molar-refractivity contribution in [1.82, 2.24) is 20.5 Å². The van der Waals surface area contributed by atoms with Crippen molar-refractivity contribution in [2.75, 3.05) is 26.2 Å². The van der Waals surface area contributed by atoms with E-state index in [9.17, 15) is 4.79 Å². The van der Waals surface area contributed by atoms with Crippen LogP contribution >= 0.6 is 11.3 Å². The molecule has 22 heavy (non-hydrogen) atoms. The van der Waals surface area contributed by atoms with Crippen molar-refractivity contribution in [2.45, 2.75) is 39.7 Å². The van der Waals surface area contributed by atoms with Gasteiger partial charge in [0.2, 0.25) is 0 Å². The second-order valence-electron chi connectivity index (χ2n) is 6.51. The maximum Gasteiger partial charge on any atom is 0.317 e. The molecular formula is C16H26N4OS. The van der Waals surface area contributed by atoms with Gasteiger partial charge in [-0.3, -0.25) is 0 Å². The van der Waals surface area contributed by atoms with E-state index in [1.165, 1.54) is 17.7 Å². The monoisotopic (exact) mass is 322 g/mol. The van der Waals surface area contributed by atoms with Gasteiger partial charge in [0.05, 0.1) is 12.2 Å². The molecular weight excluding hydrogens is 296 g/mol. The Bertz CT molecular complexity index is 505. The summed E-state index contributed by atoms with van der Waals surface area (Å²) in [4.78, 5) is 20.1. The Balaban J connectivity index is 1.50. The number of amides is 2. The highest BCUT2D eigenvalue weighted by Crippen LogP contribution is 2.28. The molecule has 6 heteroatoms. The number of aryl methyl sites for hydroxylation is 2. The van der Waals surface area contributed by atoms with Gasteiger partial charge in [-0.25, -0.2) is 9.78 Å². The summed E-state index contributed by atoms with van der Waals surface area (Å²) >= 11 is 1.67. The molecule has 2 aliphatic rings. The van der Waals surface area contributed by atoms with Crippen molar-refractivity contribution < 1.29 is 4.79 Å². The quantitative estimate of drug-likeness (QED) is 0.898. The zero-order chi connectivity index (χ0) is 15.5. The van der Waals surface area contributed by atoms with Gasteiger partial charge in [0.25, 0.3) is 0 Å². The standard InChI is InChI=1S/C16H26N4OS/c1-11-12(2)22-15(19-11)9-18-16(21)20-7-3-4-14(10-20)13-5-6-17-8-13/h13-14,17H,3-10H2,1-2H3,(H,18,21). The molecule has 2 amide bonds. The van der Waals surface area contributed by atoms with Crippen LogP contribution < -0.4 is 10.6 Å². The van der Waals surface area contributed by atoms with E-state index in [2.05, 4.69) is 22.5 Å². The van der Waals surface area contributed by atoms with E-state index in [1.807, 2.05) is 11.8 Å². The topological polar surface area (TPSA) is 57.3 Å². The predicted molar refractivity (Wildman–Crippen MR) is 89.1 cm³/mol. The lowest BCUT2D eigenvalue weighted by Gasteiger charge is -2.35. The number of hydrogen-bond donors (Lipinski definition) is 2. The number of thiazole rings is 1. The SMILES string of the molecule is Cc1nc(CNC(=O)N2CCCC(C3CCNC3)C2)sc1C. The molecule has 2 fully saturated rings. The van der Waals surface area contributed by atoms with Crippen LogP contribution in [0.2, 0.25) is 0 Å². The molecule has 3 rings (SSSR count). The molecule has 0 saturated carbocycles. The molecule has 3 heterocycles. The van der Waals surface area contributed by atoms with E-state index in [0.717, 1.165) is 49.2 Å². The zero-order valence-electron chi connectivity index (χ0n) is 13.5. The fourth-order valence-corrected chi connectivity index (χ4v) is 4.41. The first-order valence-corrected chi connectivity index (χ1v) is 9.11. The van der Waals surface area contributed by atoms with Gasteiger partial charge in [0, 0.05) is 18.0 Å². The maximum atomic E-state index is 12.4. The molecule has 0 aromatic carbocycles. The van der Waals surface area contributed by atoms with Gasteiger partial charge < -0.3 is 15.5 Å². The first-order chi connectivity index (χ1) is 10.6. The number of piperidine rings is 1. The molecule has 0 bridgehead atoms. The van der Waals surface area contributed by atoms with Crippen molar-refractivity contribution in [3.8, 4) is 0 Å². The van der Waals surface area contributed by atoms with Crippen molar-refractivity contribution in [3.05, 3.63) is 15.6 Å². The summed E-state index contributed by atoms with van der Waals surface area (Å²) in [6.45, 7) is 8.69. The van der Waals surface area contributed by atoms with Crippen LogP contribution in [0.1, 0.15) is 34.8 Å². The van der Waals surface area contributed by atoms with Crippen LogP contribution in [0.15, 0.2) is 0 Å². The first-order valence-electron chi connectivity index (χ1n) is 8.30.